The molecule has 2 fully saturated rings. The van der Waals surface area contributed by atoms with E-state index >= 15 is 0 Å². The predicted octanol–water partition coefficient (Wildman–Crippen LogP) is 2.02. The number of nitrogens with one attached hydrogen (secondary N) is 1. The van der Waals surface area contributed by atoms with Crippen molar-refractivity contribution in [3.63, 3.8) is 0 Å². The minimum absolute atomic E-state index is 0.375. The van der Waals surface area contributed by atoms with Crippen molar-refractivity contribution in [1.82, 2.24) is 10.2 Å². The Bertz CT molecular complexity index is 259. The molecule has 0 aromatic rings. The molecule has 2 rings (SSSR count). The molecule has 0 aromatic heterocycles. The molecule has 2 unspecified atom stereocenters. The Morgan fingerprint density at radius 2 is 2.24 bits per heavy atom. The van der Waals surface area contributed by atoms with Gasteiger partial charge in [-0.1, -0.05) is 20.3 Å². The highest BCUT2D eigenvalue weighted by Gasteiger charge is 2.31. The lowest BCUT2D eigenvalue weighted by atomic mass is 9.95. The molecule has 0 saturated carbocycles. The van der Waals surface area contributed by atoms with Crippen LogP contribution in [-0.2, 0) is 4.79 Å². The van der Waals surface area contributed by atoms with Gasteiger partial charge in [-0.3, -0.25) is 4.79 Å². The fraction of sp³-hybridized carbons (Fsp3) is 0.929. The fourth-order valence-electron chi connectivity index (χ4n) is 2.95. The van der Waals surface area contributed by atoms with Crippen LogP contribution in [0.2, 0.25) is 0 Å². The third-order valence-electron chi connectivity index (χ3n) is 4.35. The van der Waals surface area contributed by atoms with E-state index in [2.05, 4.69) is 24.1 Å². The van der Waals surface area contributed by atoms with Gasteiger partial charge in [0.25, 0.3) is 0 Å². The largest absolute Gasteiger partial charge is 0.342 e. The number of nitrogens with zero attached hydrogens (tertiary/aromatic N) is 1. The Morgan fingerprint density at radius 1 is 1.41 bits per heavy atom. The molecule has 2 heterocycles. The molecule has 0 aromatic carbocycles. The lowest BCUT2D eigenvalue weighted by Gasteiger charge is -2.26. The zero-order valence-corrected chi connectivity index (χ0v) is 11.2. The maximum atomic E-state index is 11.9. The minimum Gasteiger partial charge on any atom is -0.342 e. The molecule has 1 amide bonds. The van der Waals surface area contributed by atoms with Gasteiger partial charge in [-0.05, 0) is 37.6 Å². The summed E-state index contributed by atoms with van der Waals surface area (Å²) < 4.78 is 0. The molecular weight excluding hydrogens is 212 g/mol. The standard InChI is InChI=1S/C14H26N2O/c1-11(2)12-9-14(17)16(10-12)8-6-13-5-3-4-7-15-13/h11-13,15H,3-10H2,1-2H3. The van der Waals surface area contributed by atoms with Crippen LogP contribution in [0.25, 0.3) is 0 Å². The van der Waals surface area contributed by atoms with E-state index in [4.69, 9.17) is 0 Å². The first-order valence-corrected chi connectivity index (χ1v) is 7.18. The lowest BCUT2D eigenvalue weighted by molar-refractivity contribution is -0.127. The number of piperidine rings is 1. The molecule has 3 heteroatoms. The molecule has 0 radical (unpaired) electrons. The third kappa shape index (κ3) is 3.44. The van der Waals surface area contributed by atoms with E-state index < -0.39 is 0 Å². The van der Waals surface area contributed by atoms with E-state index in [0.29, 0.717) is 23.8 Å². The van der Waals surface area contributed by atoms with E-state index in [0.717, 1.165) is 32.5 Å². The molecule has 2 saturated heterocycles. The molecule has 98 valence electrons. The summed E-state index contributed by atoms with van der Waals surface area (Å²) in [7, 11) is 0. The van der Waals surface area contributed by atoms with E-state index in [1.54, 1.807) is 0 Å². The van der Waals surface area contributed by atoms with E-state index in [9.17, 15) is 4.79 Å². The summed E-state index contributed by atoms with van der Waals surface area (Å²) >= 11 is 0. The van der Waals surface area contributed by atoms with Crippen LogP contribution in [-0.4, -0.2) is 36.5 Å². The van der Waals surface area contributed by atoms with Crippen LogP contribution in [0.5, 0.6) is 0 Å². The van der Waals surface area contributed by atoms with E-state index in [1.165, 1.54) is 19.3 Å². The van der Waals surface area contributed by atoms with Crippen molar-refractivity contribution < 1.29 is 4.79 Å². The SMILES string of the molecule is CC(C)C1CC(=O)N(CCC2CCCCN2)C1. The normalized spacial score (nSPS) is 30.3. The third-order valence-corrected chi connectivity index (χ3v) is 4.35. The van der Waals surface area contributed by atoms with Gasteiger partial charge in [0.1, 0.15) is 0 Å². The van der Waals surface area contributed by atoms with Crippen LogP contribution in [0.3, 0.4) is 0 Å². The summed E-state index contributed by atoms with van der Waals surface area (Å²) in [5, 5.41) is 3.55. The van der Waals surface area contributed by atoms with Gasteiger partial charge in [-0.25, -0.2) is 0 Å². The summed E-state index contributed by atoms with van der Waals surface area (Å²) in [5.74, 6) is 1.60. The van der Waals surface area contributed by atoms with Gasteiger partial charge in [-0.15, -0.1) is 0 Å². The van der Waals surface area contributed by atoms with Crippen LogP contribution in [0.15, 0.2) is 0 Å². The zero-order chi connectivity index (χ0) is 12.3. The quantitative estimate of drug-likeness (QED) is 0.812. The minimum atomic E-state index is 0.375. The second kappa shape index (κ2) is 5.85. The molecule has 2 aliphatic rings. The van der Waals surface area contributed by atoms with Crippen LogP contribution in [0.4, 0.5) is 0 Å². The van der Waals surface area contributed by atoms with Crippen molar-refractivity contribution in [2.45, 2.75) is 52.0 Å². The van der Waals surface area contributed by atoms with Crippen molar-refractivity contribution >= 4 is 5.91 Å². The van der Waals surface area contributed by atoms with Gasteiger partial charge in [0.05, 0.1) is 0 Å². The Balaban J connectivity index is 1.73. The Morgan fingerprint density at radius 3 is 2.82 bits per heavy atom. The maximum absolute atomic E-state index is 11.9. The Labute approximate surface area is 105 Å². The van der Waals surface area contributed by atoms with Crippen molar-refractivity contribution in [3.8, 4) is 0 Å². The number of hydrogen-bond donors (Lipinski definition) is 1. The van der Waals surface area contributed by atoms with Crippen molar-refractivity contribution in [3.05, 3.63) is 0 Å². The molecule has 2 atom stereocenters. The van der Waals surface area contributed by atoms with Crippen molar-refractivity contribution in [2.75, 3.05) is 19.6 Å². The molecule has 2 aliphatic heterocycles. The number of likely N-dealkylation sites (tertiary alicyclic amines) is 1. The highest BCUT2D eigenvalue weighted by molar-refractivity contribution is 5.78. The number of amides is 1. The van der Waals surface area contributed by atoms with Crippen molar-refractivity contribution in [1.29, 1.82) is 0 Å². The lowest BCUT2D eigenvalue weighted by Crippen LogP contribution is -2.38. The van der Waals surface area contributed by atoms with Gasteiger partial charge < -0.3 is 10.2 Å². The molecule has 0 aliphatic carbocycles. The molecule has 17 heavy (non-hydrogen) atoms. The van der Waals surface area contributed by atoms with Crippen molar-refractivity contribution in [2.24, 2.45) is 11.8 Å². The summed E-state index contributed by atoms with van der Waals surface area (Å²) in [6.07, 6.45) is 5.86. The number of carbonyl (C=O) groups excluding carboxylic acids is 1. The first kappa shape index (κ1) is 12.9. The second-order valence-electron chi connectivity index (χ2n) is 5.98. The Hall–Kier alpha value is -0.570. The molecular formula is C14H26N2O. The summed E-state index contributed by atoms with van der Waals surface area (Å²) in [6, 6.07) is 0.648. The molecule has 0 spiro atoms. The average molecular weight is 238 g/mol. The summed E-state index contributed by atoms with van der Waals surface area (Å²) in [4.78, 5) is 14.0. The summed E-state index contributed by atoms with van der Waals surface area (Å²) in [6.45, 7) is 7.56. The van der Waals surface area contributed by atoms with Gasteiger partial charge in [0, 0.05) is 25.6 Å². The monoisotopic (exact) mass is 238 g/mol. The molecule has 1 N–H and O–H groups in total. The number of hydrogen-bond acceptors (Lipinski definition) is 2. The highest BCUT2D eigenvalue weighted by atomic mass is 16.2. The number of rotatable bonds is 4. The Kier molecular flexibility index (Phi) is 4.43. The average Bonchev–Trinajstić information content (AvgIpc) is 2.70. The maximum Gasteiger partial charge on any atom is 0.222 e. The smallest absolute Gasteiger partial charge is 0.222 e. The summed E-state index contributed by atoms with van der Waals surface area (Å²) in [5.41, 5.74) is 0. The van der Waals surface area contributed by atoms with Crippen LogP contribution < -0.4 is 5.32 Å². The van der Waals surface area contributed by atoms with E-state index in [-0.39, 0.29) is 0 Å². The molecule has 0 bridgehead atoms. The van der Waals surface area contributed by atoms with E-state index in [1.807, 2.05) is 0 Å². The molecule has 3 nitrogen and oxygen atoms in total. The van der Waals surface area contributed by atoms with Gasteiger partial charge in [-0.2, -0.15) is 0 Å². The second-order valence-corrected chi connectivity index (χ2v) is 5.98. The fourth-order valence-corrected chi connectivity index (χ4v) is 2.95. The topological polar surface area (TPSA) is 32.3 Å². The van der Waals surface area contributed by atoms with Gasteiger partial charge in [0.2, 0.25) is 5.91 Å². The first-order valence-electron chi connectivity index (χ1n) is 7.18. The van der Waals surface area contributed by atoms with Crippen LogP contribution in [0, 0.1) is 11.8 Å². The first-order chi connectivity index (χ1) is 8.16. The van der Waals surface area contributed by atoms with Crippen LogP contribution in [0.1, 0.15) is 46.0 Å². The highest BCUT2D eigenvalue weighted by Crippen LogP contribution is 2.25. The van der Waals surface area contributed by atoms with Gasteiger partial charge in [0.15, 0.2) is 0 Å². The number of carbonyl (C=O) groups is 1. The predicted molar refractivity (Wildman–Crippen MR) is 69.8 cm³/mol. The van der Waals surface area contributed by atoms with Gasteiger partial charge >= 0.3 is 0 Å². The zero-order valence-electron chi connectivity index (χ0n) is 11.2. The van der Waals surface area contributed by atoms with Crippen LogP contribution >= 0.6 is 0 Å².